The highest BCUT2D eigenvalue weighted by Crippen LogP contribution is 2.32. The zero-order chi connectivity index (χ0) is 21.9. The number of rotatable bonds is 13. The Hall–Kier alpha value is -2.74. The first-order valence-corrected chi connectivity index (χ1v) is 10.4. The molecule has 1 heterocycles. The molecule has 0 bridgehead atoms. The van der Waals surface area contributed by atoms with Crippen LogP contribution in [0.1, 0.15) is 44.1 Å². The molecule has 1 aromatic rings. The molecular weight excluding hydrogens is 386 g/mol. The van der Waals surface area contributed by atoms with Gasteiger partial charge in [0.2, 0.25) is 18.2 Å². The predicted molar refractivity (Wildman–Crippen MR) is 115 cm³/mol. The van der Waals surface area contributed by atoms with Gasteiger partial charge in [0.15, 0.2) is 0 Å². The Morgan fingerprint density at radius 2 is 1.87 bits per heavy atom. The third-order valence-electron chi connectivity index (χ3n) is 5.07. The molecule has 0 aromatic heterocycles. The van der Waals surface area contributed by atoms with Crippen LogP contribution in [0.5, 0.6) is 0 Å². The first-order chi connectivity index (χ1) is 14.5. The van der Waals surface area contributed by atoms with Crippen molar-refractivity contribution >= 4 is 35.9 Å². The number of carbonyl (C=O) groups excluding carboxylic acids is 4. The van der Waals surface area contributed by atoms with E-state index >= 15 is 0 Å². The molecule has 0 spiro atoms. The fraction of sp³-hybridized carbons (Fsp3) is 0.545. The number of aryl methyl sites for hydroxylation is 1. The summed E-state index contributed by atoms with van der Waals surface area (Å²) in [5.41, 5.74) is 2.58. The maximum Gasteiger partial charge on any atom is 0.249 e. The van der Waals surface area contributed by atoms with Gasteiger partial charge in [-0.05, 0) is 49.8 Å². The van der Waals surface area contributed by atoms with Crippen molar-refractivity contribution in [1.29, 1.82) is 0 Å². The second-order valence-corrected chi connectivity index (χ2v) is 7.58. The molecule has 3 amide bonds. The molecule has 1 aromatic carbocycles. The van der Waals surface area contributed by atoms with Crippen molar-refractivity contribution in [2.75, 3.05) is 37.1 Å². The lowest BCUT2D eigenvalue weighted by molar-refractivity contribution is -0.134. The lowest BCUT2D eigenvalue weighted by atomic mass is 10.0. The largest absolute Gasteiger partial charge is 0.381 e. The number of piperidine rings is 1. The van der Waals surface area contributed by atoms with E-state index in [-0.39, 0.29) is 12.3 Å². The Labute approximate surface area is 177 Å². The summed E-state index contributed by atoms with van der Waals surface area (Å²) in [4.78, 5) is 49.1. The van der Waals surface area contributed by atoms with Crippen LogP contribution >= 0.6 is 0 Å². The number of benzene rings is 1. The Balaban J connectivity index is 2.00. The molecule has 1 fully saturated rings. The summed E-state index contributed by atoms with van der Waals surface area (Å²) in [7, 11) is 3.77. The molecule has 1 atom stereocenters. The van der Waals surface area contributed by atoms with Gasteiger partial charge >= 0.3 is 0 Å². The van der Waals surface area contributed by atoms with Crippen molar-refractivity contribution in [3.8, 4) is 0 Å². The van der Waals surface area contributed by atoms with Gasteiger partial charge in [-0.2, -0.15) is 0 Å². The Morgan fingerprint density at radius 1 is 1.10 bits per heavy atom. The number of nitrogens with zero attached hydrogens (tertiary/aromatic N) is 2. The minimum atomic E-state index is -0.697. The van der Waals surface area contributed by atoms with Gasteiger partial charge in [0.05, 0.1) is 11.4 Å². The van der Waals surface area contributed by atoms with Gasteiger partial charge in [0, 0.05) is 40.2 Å². The van der Waals surface area contributed by atoms with E-state index in [0.717, 1.165) is 43.2 Å². The highest BCUT2D eigenvalue weighted by Gasteiger charge is 2.33. The van der Waals surface area contributed by atoms with Crippen molar-refractivity contribution in [1.82, 2.24) is 5.32 Å². The molecular formula is C22H31N3O5. The van der Waals surface area contributed by atoms with Crippen molar-refractivity contribution in [3.63, 3.8) is 0 Å². The molecule has 1 N–H and O–H groups in total. The first kappa shape index (κ1) is 23.5. The smallest absolute Gasteiger partial charge is 0.249 e. The van der Waals surface area contributed by atoms with E-state index in [1.165, 1.54) is 4.90 Å². The zero-order valence-corrected chi connectivity index (χ0v) is 17.8. The van der Waals surface area contributed by atoms with Crippen LogP contribution in [0.2, 0.25) is 0 Å². The van der Waals surface area contributed by atoms with Gasteiger partial charge in [0.25, 0.3) is 0 Å². The molecule has 8 heteroatoms. The SMILES string of the molecule is CN(C)c1cc(CCCOCCCCC=O)ccc1N(C=O)C1CCC(=O)NC1=O. The number of nitrogens with one attached hydrogen (secondary N) is 1. The van der Waals surface area contributed by atoms with Crippen molar-refractivity contribution in [2.45, 2.75) is 51.0 Å². The monoisotopic (exact) mass is 417 g/mol. The quantitative estimate of drug-likeness (QED) is 0.299. The topological polar surface area (TPSA) is 96.0 Å². The van der Waals surface area contributed by atoms with Gasteiger partial charge in [-0.3, -0.25) is 19.7 Å². The van der Waals surface area contributed by atoms with E-state index in [9.17, 15) is 19.2 Å². The molecule has 0 radical (unpaired) electrons. The number of imide groups is 1. The fourth-order valence-electron chi connectivity index (χ4n) is 3.46. The summed E-state index contributed by atoms with van der Waals surface area (Å²) in [6.07, 6.45) is 6.13. The maximum absolute atomic E-state index is 12.2. The van der Waals surface area contributed by atoms with Crippen LogP contribution in [-0.4, -0.2) is 57.9 Å². The number of amides is 3. The van der Waals surface area contributed by atoms with Gasteiger partial charge in [-0.1, -0.05) is 6.07 Å². The Morgan fingerprint density at radius 3 is 2.53 bits per heavy atom. The van der Waals surface area contributed by atoms with Crippen LogP contribution in [0.4, 0.5) is 11.4 Å². The standard InChI is InChI=1S/C22H31N3O5/c1-24(2)20-15-17(7-6-14-30-13-5-3-4-12-26)8-9-18(20)25(16-27)19-10-11-21(28)23-22(19)29/h8-9,12,15-16,19H,3-7,10-11,13-14H2,1-2H3,(H,23,28,29). The van der Waals surface area contributed by atoms with Crippen molar-refractivity contribution < 1.29 is 23.9 Å². The minimum absolute atomic E-state index is 0.214. The molecule has 2 rings (SSSR count). The number of hydrogen-bond acceptors (Lipinski definition) is 6. The van der Waals surface area contributed by atoms with Gasteiger partial charge in [-0.25, -0.2) is 0 Å². The van der Waals surface area contributed by atoms with Gasteiger partial charge in [0.1, 0.15) is 12.3 Å². The van der Waals surface area contributed by atoms with Gasteiger partial charge in [-0.15, -0.1) is 0 Å². The van der Waals surface area contributed by atoms with E-state index in [1.54, 1.807) is 0 Å². The molecule has 30 heavy (non-hydrogen) atoms. The number of unbranched alkanes of at least 4 members (excludes halogenated alkanes) is 2. The number of carbonyl (C=O) groups is 4. The van der Waals surface area contributed by atoms with E-state index in [2.05, 4.69) is 5.32 Å². The predicted octanol–water partition coefficient (Wildman–Crippen LogP) is 1.84. The number of hydrogen-bond donors (Lipinski definition) is 1. The number of anilines is 2. The average Bonchev–Trinajstić information content (AvgIpc) is 2.72. The van der Waals surface area contributed by atoms with E-state index in [1.807, 2.05) is 37.2 Å². The second kappa shape index (κ2) is 12.1. The molecule has 1 unspecified atom stereocenters. The van der Waals surface area contributed by atoms with Crippen LogP contribution in [0, 0.1) is 0 Å². The Bertz CT molecular complexity index is 750. The van der Waals surface area contributed by atoms with Crippen molar-refractivity contribution in [3.05, 3.63) is 23.8 Å². The highest BCUT2D eigenvalue weighted by atomic mass is 16.5. The van der Waals surface area contributed by atoms with Crippen LogP contribution in [-0.2, 0) is 30.3 Å². The lowest BCUT2D eigenvalue weighted by Crippen LogP contribution is -2.52. The molecule has 0 saturated carbocycles. The van der Waals surface area contributed by atoms with Gasteiger partial charge < -0.3 is 19.3 Å². The lowest BCUT2D eigenvalue weighted by Gasteiger charge is -2.32. The zero-order valence-electron chi connectivity index (χ0n) is 17.8. The third-order valence-corrected chi connectivity index (χ3v) is 5.07. The average molecular weight is 418 g/mol. The summed E-state index contributed by atoms with van der Waals surface area (Å²) in [5, 5.41) is 2.31. The normalized spacial score (nSPS) is 16.1. The molecule has 164 valence electrons. The van der Waals surface area contributed by atoms with Crippen molar-refractivity contribution in [2.24, 2.45) is 0 Å². The van der Waals surface area contributed by atoms with E-state index < -0.39 is 11.9 Å². The first-order valence-electron chi connectivity index (χ1n) is 10.4. The summed E-state index contributed by atoms with van der Waals surface area (Å²) in [6, 6.07) is 5.12. The van der Waals surface area contributed by atoms with E-state index in [0.29, 0.717) is 38.2 Å². The fourth-order valence-corrected chi connectivity index (χ4v) is 3.46. The summed E-state index contributed by atoms with van der Waals surface area (Å²) >= 11 is 0. The second-order valence-electron chi connectivity index (χ2n) is 7.58. The van der Waals surface area contributed by atoms with Crippen LogP contribution in [0.3, 0.4) is 0 Å². The molecule has 1 aliphatic rings. The third kappa shape index (κ3) is 6.66. The molecule has 1 aliphatic heterocycles. The molecule has 8 nitrogen and oxygen atoms in total. The number of ether oxygens (including phenoxy) is 1. The Kier molecular flexibility index (Phi) is 9.47. The minimum Gasteiger partial charge on any atom is -0.381 e. The summed E-state index contributed by atoms with van der Waals surface area (Å²) < 4.78 is 5.61. The number of aldehydes is 1. The summed E-state index contributed by atoms with van der Waals surface area (Å²) in [6.45, 7) is 1.31. The maximum atomic E-state index is 12.2. The van der Waals surface area contributed by atoms with Crippen LogP contribution < -0.4 is 15.1 Å². The molecule has 1 saturated heterocycles. The van der Waals surface area contributed by atoms with E-state index in [4.69, 9.17) is 4.74 Å². The van der Waals surface area contributed by atoms with Crippen LogP contribution in [0.15, 0.2) is 18.2 Å². The highest BCUT2D eigenvalue weighted by molar-refractivity contribution is 6.04. The van der Waals surface area contributed by atoms with Crippen LogP contribution in [0.25, 0.3) is 0 Å². The molecule has 0 aliphatic carbocycles. The summed E-state index contributed by atoms with van der Waals surface area (Å²) in [5.74, 6) is -0.756.